The van der Waals surface area contributed by atoms with E-state index < -0.39 is 8.32 Å². The third-order valence-corrected chi connectivity index (χ3v) is 9.59. The van der Waals surface area contributed by atoms with Crippen molar-refractivity contribution in [2.75, 3.05) is 0 Å². The van der Waals surface area contributed by atoms with Crippen molar-refractivity contribution in [2.24, 2.45) is 0 Å². The summed E-state index contributed by atoms with van der Waals surface area (Å²) in [6.45, 7) is 13.8. The zero-order valence-corrected chi connectivity index (χ0v) is 16.7. The Balaban J connectivity index is 2.27. The van der Waals surface area contributed by atoms with Crippen LogP contribution >= 0.6 is 0 Å². The highest BCUT2D eigenvalue weighted by molar-refractivity contribution is 6.74. The molecule has 1 aliphatic carbocycles. The van der Waals surface area contributed by atoms with E-state index in [0.717, 1.165) is 12.8 Å². The van der Waals surface area contributed by atoms with Crippen molar-refractivity contribution in [3.8, 4) is 0 Å². The molecule has 0 spiro atoms. The summed E-state index contributed by atoms with van der Waals surface area (Å²) < 4.78 is 6.58. The van der Waals surface area contributed by atoms with Crippen molar-refractivity contribution in [1.29, 1.82) is 0 Å². The van der Waals surface area contributed by atoms with E-state index in [0.29, 0.717) is 0 Å². The van der Waals surface area contributed by atoms with Gasteiger partial charge in [0.15, 0.2) is 0 Å². The van der Waals surface area contributed by atoms with Crippen molar-refractivity contribution < 1.29 is 4.43 Å². The molecule has 0 radical (unpaired) electrons. The summed E-state index contributed by atoms with van der Waals surface area (Å²) in [5.74, 6) is 1.20. The molecule has 0 heterocycles. The minimum absolute atomic E-state index is 0.250. The van der Waals surface area contributed by atoms with E-state index in [9.17, 15) is 0 Å². The zero-order chi connectivity index (χ0) is 17.1. The Morgan fingerprint density at radius 1 is 1.04 bits per heavy atom. The van der Waals surface area contributed by atoms with Gasteiger partial charge in [0, 0.05) is 6.42 Å². The quantitative estimate of drug-likeness (QED) is 0.551. The van der Waals surface area contributed by atoms with E-state index >= 15 is 0 Å². The summed E-state index contributed by atoms with van der Waals surface area (Å²) >= 11 is 0. The van der Waals surface area contributed by atoms with Crippen molar-refractivity contribution in [3.05, 3.63) is 52.8 Å². The maximum absolute atomic E-state index is 6.58. The van der Waals surface area contributed by atoms with E-state index in [4.69, 9.17) is 4.43 Å². The molecule has 0 bridgehead atoms. The normalized spacial score (nSPS) is 18.5. The van der Waals surface area contributed by atoms with Gasteiger partial charge in [-0.15, -0.1) is 0 Å². The van der Waals surface area contributed by atoms with Crippen molar-refractivity contribution in [2.45, 2.75) is 71.5 Å². The Kier molecular flexibility index (Phi) is 5.56. The molecule has 0 aliphatic heterocycles. The highest BCUT2D eigenvalue weighted by Gasteiger charge is 2.39. The van der Waals surface area contributed by atoms with Crippen molar-refractivity contribution >= 4 is 14.4 Å². The summed E-state index contributed by atoms with van der Waals surface area (Å²) in [5.41, 5.74) is 4.07. The van der Waals surface area contributed by atoms with Crippen LogP contribution in [0.5, 0.6) is 0 Å². The molecule has 0 N–H and O–H groups in total. The molecule has 0 fully saturated rings. The molecule has 0 unspecified atom stereocenters. The van der Waals surface area contributed by atoms with Gasteiger partial charge < -0.3 is 4.43 Å². The predicted octanol–water partition coefficient (Wildman–Crippen LogP) is 6.86. The molecule has 126 valence electrons. The van der Waals surface area contributed by atoms with Gasteiger partial charge in [-0.1, -0.05) is 51.1 Å². The lowest BCUT2D eigenvalue weighted by Crippen LogP contribution is -2.40. The number of allylic oxidation sites excluding steroid dienone is 3. The second-order valence-corrected chi connectivity index (χ2v) is 13.0. The van der Waals surface area contributed by atoms with Gasteiger partial charge >= 0.3 is 0 Å². The van der Waals surface area contributed by atoms with E-state index in [1.807, 2.05) is 0 Å². The van der Waals surface area contributed by atoms with Gasteiger partial charge in [0.1, 0.15) is 0 Å². The first-order valence-corrected chi connectivity index (χ1v) is 11.8. The van der Waals surface area contributed by atoms with Gasteiger partial charge in [-0.2, -0.15) is 0 Å². The molecule has 2 heteroatoms. The van der Waals surface area contributed by atoms with Crippen LogP contribution < -0.4 is 0 Å². The summed E-state index contributed by atoms with van der Waals surface area (Å²) in [6, 6.07) is 8.61. The Labute approximate surface area is 143 Å². The fourth-order valence-electron chi connectivity index (χ4n) is 2.60. The van der Waals surface area contributed by atoms with Crippen LogP contribution in [-0.4, -0.2) is 8.32 Å². The molecule has 0 saturated carbocycles. The minimum atomic E-state index is -1.74. The third-order valence-electron chi connectivity index (χ3n) is 5.21. The Morgan fingerprint density at radius 2 is 1.70 bits per heavy atom. The van der Waals surface area contributed by atoms with Crippen LogP contribution in [0.2, 0.25) is 18.1 Å². The number of aryl methyl sites for hydroxylation is 1. The Hall–Kier alpha value is -1.28. The standard InChI is InChI=1S/C21H32OSi/c1-17-11-7-9-13-19(17)15-18-12-8-10-14-20(16-18)22-23(5,6)21(2,3)4/h7,9,11,13,15-16H,8,10,12,14H2,1-6H3/b18-15-. The molecule has 1 nitrogen and oxygen atoms in total. The summed E-state index contributed by atoms with van der Waals surface area (Å²) in [5, 5.41) is 0.250. The third kappa shape index (κ3) is 4.84. The molecule has 0 amide bonds. The lowest BCUT2D eigenvalue weighted by Gasteiger charge is -2.37. The molecule has 23 heavy (non-hydrogen) atoms. The molecule has 0 aromatic heterocycles. The van der Waals surface area contributed by atoms with Gasteiger partial charge in [-0.25, -0.2) is 0 Å². The van der Waals surface area contributed by atoms with Gasteiger partial charge in [0.25, 0.3) is 0 Å². The molecule has 2 rings (SSSR count). The lowest BCUT2D eigenvalue weighted by molar-refractivity contribution is 0.364. The monoisotopic (exact) mass is 328 g/mol. The van der Waals surface area contributed by atoms with Crippen LogP contribution in [0.15, 0.2) is 41.7 Å². The first-order chi connectivity index (χ1) is 10.7. The second-order valence-electron chi connectivity index (χ2n) is 8.26. The topological polar surface area (TPSA) is 9.23 Å². The number of hydrogen-bond donors (Lipinski definition) is 0. The van der Waals surface area contributed by atoms with Gasteiger partial charge in [0.05, 0.1) is 5.76 Å². The summed E-state index contributed by atoms with van der Waals surface area (Å²) in [4.78, 5) is 0. The van der Waals surface area contributed by atoms with Crippen LogP contribution in [0.3, 0.4) is 0 Å². The molecular weight excluding hydrogens is 296 g/mol. The first kappa shape index (κ1) is 18.1. The van der Waals surface area contributed by atoms with Gasteiger partial charge in [0.2, 0.25) is 8.32 Å². The van der Waals surface area contributed by atoms with Gasteiger partial charge in [-0.3, -0.25) is 0 Å². The van der Waals surface area contributed by atoms with E-state index in [1.54, 1.807) is 0 Å². The largest absolute Gasteiger partial charge is 0.547 e. The first-order valence-electron chi connectivity index (χ1n) is 8.85. The maximum Gasteiger partial charge on any atom is 0.250 e. The Morgan fingerprint density at radius 3 is 2.35 bits per heavy atom. The highest BCUT2D eigenvalue weighted by Crippen LogP contribution is 2.39. The average molecular weight is 329 g/mol. The maximum atomic E-state index is 6.58. The predicted molar refractivity (Wildman–Crippen MR) is 104 cm³/mol. The fourth-order valence-corrected chi connectivity index (χ4v) is 3.73. The second kappa shape index (κ2) is 7.08. The van der Waals surface area contributed by atoms with E-state index in [2.05, 4.69) is 77.2 Å². The SMILES string of the molecule is Cc1ccccc1/C=C1\C=C(O[Si](C)(C)C(C)(C)C)CCCC1. The summed E-state index contributed by atoms with van der Waals surface area (Å²) in [7, 11) is -1.74. The molecule has 1 aromatic rings. The van der Waals surface area contributed by atoms with Crippen LogP contribution in [0.4, 0.5) is 0 Å². The number of hydrogen-bond acceptors (Lipinski definition) is 1. The smallest absolute Gasteiger partial charge is 0.250 e. The van der Waals surface area contributed by atoms with Crippen LogP contribution in [-0.2, 0) is 4.43 Å². The molecule has 1 aliphatic rings. The van der Waals surface area contributed by atoms with Crippen LogP contribution in [0.25, 0.3) is 6.08 Å². The zero-order valence-electron chi connectivity index (χ0n) is 15.7. The minimum Gasteiger partial charge on any atom is -0.547 e. The molecule has 1 aromatic carbocycles. The number of rotatable bonds is 3. The molecular formula is C21H32OSi. The van der Waals surface area contributed by atoms with E-state index in [1.165, 1.54) is 35.3 Å². The number of benzene rings is 1. The van der Waals surface area contributed by atoms with Crippen molar-refractivity contribution in [1.82, 2.24) is 0 Å². The average Bonchev–Trinajstić information content (AvgIpc) is 2.65. The van der Waals surface area contributed by atoms with Crippen molar-refractivity contribution in [3.63, 3.8) is 0 Å². The Bertz CT molecular complexity index is 603. The summed E-state index contributed by atoms with van der Waals surface area (Å²) in [6.07, 6.45) is 9.37. The fraction of sp³-hybridized carbons (Fsp3) is 0.524. The molecule has 0 atom stereocenters. The lowest BCUT2D eigenvalue weighted by atomic mass is 10.0. The van der Waals surface area contributed by atoms with Crippen LogP contribution in [0, 0.1) is 6.92 Å². The highest BCUT2D eigenvalue weighted by atomic mass is 28.4. The van der Waals surface area contributed by atoms with E-state index in [-0.39, 0.29) is 5.04 Å². The van der Waals surface area contributed by atoms with Gasteiger partial charge in [-0.05, 0) is 67.1 Å². The molecule has 0 saturated heterocycles. The van der Waals surface area contributed by atoms with Crippen LogP contribution in [0.1, 0.15) is 57.6 Å².